The molecule has 0 saturated heterocycles. The first-order valence-corrected chi connectivity index (χ1v) is 6.36. The third-order valence-electron chi connectivity index (χ3n) is 2.97. The molecule has 0 aliphatic heterocycles. The van der Waals surface area contributed by atoms with Crippen molar-refractivity contribution in [1.29, 1.82) is 0 Å². The first-order valence-electron chi connectivity index (χ1n) is 5.98. The minimum atomic E-state index is -0.0775. The van der Waals surface area contributed by atoms with E-state index in [1.165, 1.54) is 0 Å². The normalized spacial score (nSPS) is 11.4. The molecule has 1 amide bonds. The van der Waals surface area contributed by atoms with Crippen LogP contribution in [0.15, 0.2) is 18.2 Å². The maximum Gasteiger partial charge on any atom is 0.253 e. The van der Waals surface area contributed by atoms with E-state index in [0.29, 0.717) is 23.7 Å². The van der Waals surface area contributed by atoms with Gasteiger partial charge in [-0.15, -0.1) is 0 Å². The summed E-state index contributed by atoms with van der Waals surface area (Å²) >= 11 is 5.95. The second kappa shape index (κ2) is 5.72. The molecule has 18 heavy (non-hydrogen) atoms. The summed E-state index contributed by atoms with van der Waals surface area (Å²) < 4.78 is 0. The van der Waals surface area contributed by atoms with Gasteiger partial charge in [-0.3, -0.25) is 4.79 Å². The van der Waals surface area contributed by atoms with Gasteiger partial charge in [-0.05, 0) is 42.6 Å². The summed E-state index contributed by atoms with van der Waals surface area (Å²) in [6, 6.07) is 5.33. The molecule has 100 valence electrons. The predicted octanol–water partition coefficient (Wildman–Crippen LogP) is 2.71. The Bertz CT molecular complexity index is 443. The molecule has 1 aromatic carbocycles. The zero-order valence-corrected chi connectivity index (χ0v) is 12.2. The Morgan fingerprint density at radius 1 is 1.44 bits per heavy atom. The topological polar surface area (TPSA) is 46.3 Å². The lowest BCUT2D eigenvalue weighted by atomic mass is 9.93. The van der Waals surface area contributed by atoms with Crippen molar-refractivity contribution < 1.29 is 4.79 Å². The van der Waals surface area contributed by atoms with Gasteiger partial charge in [-0.1, -0.05) is 25.4 Å². The van der Waals surface area contributed by atoms with Gasteiger partial charge in [0.2, 0.25) is 0 Å². The second-order valence-electron chi connectivity index (χ2n) is 5.49. The SMILES string of the molecule is Cc1cc(C(=O)N(C)CC(C)(C)CN)ccc1Cl. The van der Waals surface area contributed by atoms with Crippen LogP contribution in [0.25, 0.3) is 0 Å². The Kier molecular flexibility index (Phi) is 4.77. The molecule has 4 heteroatoms. The van der Waals surface area contributed by atoms with Crippen LogP contribution in [0.1, 0.15) is 29.8 Å². The number of nitrogens with two attached hydrogens (primary N) is 1. The van der Waals surface area contributed by atoms with Crippen LogP contribution in [0.3, 0.4) is 0 Å². The van der Waals surface area contributed by atoms with Crippen LogP contribution in [0.2, 0.25) is 5.02 Å². The van der Waals surface area contributed by atoms with Crippen LogP contribution in [-0.4, -0.2) is 30.9 Å². The largest absolute Gasteiger partial charge is 0.341 e. The van der Waals surface area contributed by atoms with Crippen molar-refractivity contribution in [3.63, 3.8) is 0 Å². The molecule has 0 aromatic heterocycles. The molecule has 0 spiro atoms. The average Bonchev–Trinajstić information content (AvgIpc) is 2.31. The molecule has 0 unspecified atom stereocenters. The minimum absolute atomic E-state index is 0.00343. The van der Waals surface area contributed by atoms with Crippen molar-refractivity contribution in [3.05, 3.63) is 34.3 Å². The predicted molar refractivity (Wildman–Crippen MR) is 76.0 cm³/mol. The molecular weight excluding hydrogens is 248 g/mol. The van der Waals surface area contributed by atoms with Crippen molar-refractivity contribution in [2.45, 2.75) is 20.8 Å². The van der Waals surface area contributed by atoms with Crippen molar-refractivity contribution in [2.24, 2.45) is 11.1 Å². The highest BCUT2D eigenvalue weighted by Crippen LogP contribution is 2.19. The lowest BCUT2D eigenvalue weighted by molar-refractivity contribution is 0.0740. The Morgan fingerprint density at radius 2 is 2.06 bits per heavy atom. The number of aryl methyl sites for hydroxylation is 1. The number of benzene rings is 1. The van der Waals surface area contributed by atoms with Crippen LogP contribution in [-0.2, 0) is 0 Å². The van der Waals surface area contributed by atoms with E-state index in [0.717, 1.165) is 5.56 Å². The lowest BCUT2D eigenvalue weighted by Crippen LogP contribution is -2.39. The van der Waals surface area contributed by atoms with Gasteiger partial charge in [0, 0.05) is 24.2 Å². The number of nitrogens with zero attached hydrogens (tertiary/aromatic N) is 1. The second-order valence-corrected chi connectivity index (χ2v) is 5.90. The molecule has 0 aliphatic carbocycles. The average molecular weight is 269 g/mol. The van der Waals surface area contributed by atoms with Crippen LogP contribution in [0.4, 0.5) is 0 Å². The van der Waals surface area contributed by atoms with E-state index in [9.17, 15) is 4.79 Å². The van der Waals surface area contributed by atoms with E-state index in [2.05, 4.69) is 0 Å². The molecule has 0 atom stereocenters. The van der Waals surface area contributed by atoms with E-state index in [1.54, 1.807) is 24.1 Å². The molecule has 0 fully saturated rings. The van der Waals surface area contributed by atoms with Crippen LogP contribution >= 0.6 is 11.6 Å². The molecule has 0 saturated carbocycles. The van der Waals surface area contributed by atoms with Gasteiger partial charge in [0.1, 0.15) is 0 Å². The lowest BCUT2D eigenvalue weighted by Gasteiger charge is -2.29. The molecule has 3 nitrogen and oxygen atoms in total. The molecule has 2 N–H and O–H groups in total. The van der Waals surface area contributed by atoms with Crippen LogP contribution < -0.4 is 5.73 Å². The summed E-state index contributed by atoms with van der Waals surface area (Å²) in [4.78, 5) is 13.9. The smallest absolute Gasteiger partial charge is 0.253 e. The number of amides is 1. The van der Waals surface area contributed by atoms with E-state index in [4.69, 9.17) is 17.3 Å². The Balaban J connectivity index is 2.83. The summed E-state index contributed by atoms with van der Waals surface area (Å²) in [5.41, 5.74) is 7.18. The first-order chi connectivity index (χ1) is 8.26. The van der Waals surface area contributed by atoms with E-state index < -0.39 is 0 Å². The molecule has 0 aliphatic rings. The first kappa shape index (κ1) is 15.0. The highest BCUT2D eigenvalue weighted by atomic mass is 35.5. The number of rotatable bonds is 4. The Hall–Kier alpha value is -1.06. The molecular formula is C14H21ClN2O. The fourth-order valence-corrected chi connectivity index (χ4v) is 1.89. The van der Waals surface area contributed by atoms with Gasteiger partial charge < -0.3 is 10.6 Å². The fourth-order valence-electron chi connectivity index (χ4n) is 1.78. The zero-order valence-electron chi connectivity index (χ0n) is 11.5. The van der Waals surface area contributed by atoms with Crippen molar-refractivity contribution in [1.82, 2.24) is 4.90 Å². The van der Waals surface area contributed by atoms with E-state index in [-0.39, 0.29) is 11.3 Å². The van der Waals surface area contributed by atoms with Crippen LogP contribution in [0, 0.1) is 12.3 Å². The van der Waals surface area contributed by atoms with Gasteiger partial charge in [0.05, 0.1) is 0 Å². The standard InChI is InChI=1S/C14H21ClN2O/c1-10-7-11(5-6-12(10)15)13(18)17(4)9-14(2,3)8-16/h5-7H,8-9,16H2,1-4H3. The maximum absolute atomic E-state index is 12.2. The zero-order chi connectivity index (χ0) is 13.9. The number of halogens is 1. The summed E-state index contributed by atoms with van der Waals surface area (Å²) in [5.74, 6) is -0.00343. The number of carbonyl (C=O) groups is 1. The third kappa shape index (κ3) is 3.72. The van der Waals surface area contributed by atoms with Gasteiger partial charge in [0.25, 0.3) is 5.91 Å². The van der Waals surface area contributed by atoms with Gasteiger partial charge in [-0.25, -0.2) is 0 Å². The summed E-state index contributed by atoms with van der Waals surface area (Å²) in [7, 11) is 1.80. The highest BCUT2D eigenvalue weighted by Gasteiger charge is 2.22. The molecule has 1 rings (SSSR count). The van der Waals surface area contributed by atoms with Crippen molar-refractivity contribution in [2.75, 3.05) is 20.1 Å². The maximum atomic E-state index is 12.2. The van der Waals surface area contributed by atoms with Gasteiger partial charge in [-0.2, -0.15) is 0 Å². The van der Waals surface area contributed by atoms with E-state index in [1.807, 2.05) is 26.8 Å². The Labute approximate surface area is 114 Å². The molecule has 0 heterocycles. The minimum Gasteiger partial charge on any atom is -0.341 e. The molecule has 0 radical (unpaired) electrons. The summed E-state index contributed by atoms with van der Waals surface area (Å²) in [6.45, 7) is 7.16. The molecule has 1 aromatic rings. The fraction of sp³-hybridized carbons (Fsp3) is 0.500. The van der Waals surface area contributed by atoms with Crippen LogP contribution in [0.5, 0.6) is 0 Å². The van der Waals surface area contributed by atoms with E-state index >= 15 is 0 Å². The van der Waals surface area contributed by atoms with Crippen molar-refractivity contribution in [3.8, 4) is 0 Å². The highest BCUT2D eigenvalue weighted by molar-refractivity contribution is 6.31. The summed E-state index contributed by atoms with van der Waals surface area (Å²) in [6.07, 6.45) is 0. The van der Waals surface area contributed by atoms with Crippen molar-refractivity contribution >= 4 is 17.5 Å². The number of carbonyl (C=O) groups excluding carboxylic acids is 1. The van der Waals surface area contributed by atoms with Gasteiger partial charge >= 0.3 is 0 Å². The summed E-state index contributed by atoms with van der Waals surface area (Å²) in [5, 5.41) is 0.677. The van der Waals surface area contributed by atoms with Gasteiger partial charge in [0.15, 0.2) is 0 Å². The third-order valence-corrected chi connectivity index (χ3v) is 3.39. The number of hydrogen-bond donors (Lipinski definition) is 1. The number of hydrogen-bond acceptors (Lipinski definition) is 2. The monoisotopic (exact) mass is 268 g/mol. The quantitative estimate of drug-likeness (QED) is 0.913. The Morgan fingerprint density at radius 3 is 2.56 bits per heavy atom. The molecule has 0 bridgehead atoms.